The Morgan fingerprint density at radius 2 is 2.22 bits per heavy atom. The minimum atomic E-state index is -0.950. The third-order valence-corrected chi connectivity index (χ3v) is 4.04. The van der Waals surface area contributed by atoms with Crippen molar-refractivity contribution in [3.05, 3.63) is 35.2 Å². The second-order valence-electron chi connectivity index (χ2n) is 3.28. The molecule has 0 saturated heterocycles. The maximum atomic E-state index is 13.5. The molecule has 1 aromatic carbocycles. The maximum absolute atomic E-state index is 13.5. The number of halogens is 2. The van der Waals surface area contributed by atoms with Gasteiger partial charge in [0.2, 0.25) is 0 Å². The standard InChI is InChI=1S/C11H7F2NO2S2/c12-7-3-1-2-6(10(7)13)8-4-17-11(14-8)18-5-9(15)16/h1-4H,5H2,(H,15,16). The molecule has 18 heavy (non-hydrogen) atoms. The van der Waals surface area contributed by atoms with Gasteiger partial charge in [0.05, 0.1) is 11.4 Å². The van der Waals surface area contributed by atoms with Crippen molar-refractivity contribution >= 4 is 29.1 Å². The lowest BCUT2D eigenvalue weighted by Crippen LogP contribution is -1.97. The van der Waals surface area contributed by atoms with E-state index in [-0.39, 0.29) is 11.3 Å². The van der Waals surface area contributed by atoms with Gasteiger partial charge in [-0.3, -0.25) is 4.79 Å². The highest BCUT2D eigenvalue weighted by molar-refractivity contribution is 8.01. The zero-order chi connectivity index (χ0) is 13.1. The number of nitrogens with zero attached hydrogens (tertiary/aromatic N) is 1. The van der Waals surface area contributed by atoms with Crippen LogP contribution in [0.4, 0.5) is 8.78 Å². The van der Waals surface area contributed by atoms with Gasteiger partial charge in [-0.05, 0) is 12.1 Å². The summed E-state index contributed by atoms with van der Waals surface area (Å²) < 4.78 is 27.1. The van der Waals surface area contributed by atoms with Crippen LogP contribution in [0.2, 0.25) is 0 Å². The van der Waals surface area contributed by atoms with E-state index in [9.17, 15) is 13.6 Å². The first-order valence-electron chi connectivity index (χ1n) is 4.82. The monoisotopic (exact) mass is 287 g/mol. The first kappa shape index (κ1) is 13.0. The SMILES string of the molecule is O=C(O)CSc1nc(-c2cccc(F)c2F)cs1. The third-order valence-electron chi connectivity index (χ3n) is 2.03. The predicted molar refractivity (Wildman–Crippen MR) is 65.8 cm³/mol. The summed E-state index contributed by atoms with van der Waals surface area (Å²) in [6, 6.07) is 3.86. The van der Waals surface area contributed by atoms with E-state index in [1.165, 1.54) is 23.5 Å². The molecule has 0 aliphatic rings. The number of aromatic nitrogens is 1. The van der Waals surface area contributed by atoms with E-state index >= 15 is 0 Å². The average Bonchev–Trinajstić information content (AvgIpc) is 2.78. The molecule has 1 heterocycles. The summed E-state index contributed by atoms with van der Waals surface area (Å²) in [5.74, 6) is -2.94. The molecule has 0 amide bonds. The van der Waals surface area contributed by atoms with Crippen LogP contribution in [0.5, 0.6) is 0 Å². The van der Waals surface area contributed by atoms with Gasteiger partial charge in [-0.1, -0.05) is 17.8 Å². The summed E-state index contributed by atoms with van der Waals surface area (Å²) in [5.41, 5.74) is 0.387. The van der Waals surface area contributed by atoms with Gasteiger partial charge in [-0.15, -0.1) is 11.3 Å². The van der Waals surface area contributed by atoms with E-state index in [0.717, 1.165) is 17.8 Å². The molecular formula is C11H7F2NO2S2. The van der Waals surface area contributed by atoms with Crippen LogP contribution in [0, 0.1) is 11.6 Å². The quantitative estimate of drug-likeness (QED) is 0.877. The number of carboxylic acid groups (broad SMARTS) is 1. The van der Waals surface area contributed by atoms with Crippen molar-refractivity contribution in [3.63, 3.8) is 0 Å². The molecule has 0 atom stereocenters. The molecule has 0 unspecified atom stereocenters. The summed E-state index contributed by atoms with van der Waals surface area (Å²) in [4.78, 5) is 14.5. The lowest BCUT2D eigenvalue weighted by Gasteiger charge is -1.99. The lowest BCUT2D eigenvalue weighted by atomic mass is 10.1. The van der Waals surface area contributed by atoms with E-state index in [2.05, 4.69) is 4.98 Å². The van der Waals surface area contributed by atoms with Crippen LogP contribution in [0.25, 0.3) is 11.3 Å². The first-order valence-corrected chi connectivity index (χ1v) is 6.69. The second-order valence-corrected chi connectivity index (χ2v) is 5.36. The molecule has 0 fully saturated rings. The molecule has 1 aromatic heterocycles. The minimum absolute atomic E-state index is 0.0772. The van der Waals surface area contributed by atoms with Gasteiger partial charge in [0.25, 0.3) is 0 Å². The number of thiazole rings is 1. The number of rotatable bonds is 4. The van der Waals surface area contributed by atoms with Gasteiger partial charge < -0.3 is 5.11 Å². The molecular weight excluding hydrogens is 280 g/mol. The van der Waals surface area contributed by atoms with Crippen molar-refractivity contribution in [3.8, 4) is 11.3 Å². The van der Waals surface area contributed by atoms with Crippen LogP contribution in [-0.2, 0) is 4.79 Å². The van der Waals surface area contributed by atoms with Crippen molar-refractivity contribution in [1.29, 1.82) is 0 Å². The van der Waals surface area contributed by atoms with Crippen LogP contribution in [0.1, 0.15) is 0 Å². The molecule has 0 radical (unpaired) electrons. The molecule has 0 aliphatic heterocycles. The molecule has 1 N–H and O–H groups in total. The van der Waals surface area contributed by atoms with E-state index in [1.807, 2.05) is 0 Å². The van der Waals surface area contributed by atoms with Crippen molar-refractivity contribution < 1.29 is 18.7 Å². The summed E-state index contributed by atoms with van der Waals surface area (Å²) in [6.07, 6.45) is 0. The Bertz CT molecular complexity index is 586. The predicted octanol–water partition coefficient (Wildman–Crippen LogP) is 3.27. The molecule has 0 bridgehead atoms. The normalized spacial score (nSPS) is 10.6. The van der Waals surface area contributed by atoms with Gasteiger partial charge >= 0.3 is 5.97 Å². The first-order chi connectivity index (χ1) is 8.58. The Kier molecular flexibility index (Phi) is 3.93. The highest BCUT2D eigenvalue weighted by Crippen LogP contribution is 2.30. The fraction of sp³-hybridized carbons (Fsp3) is 0.0909. The maximum Gasteiger partial charge on any atom is 0.313 e. The van der Waals surface area contributed by atoms with Gasteiger partial charge in [0, 0.05) is 10.9 Å². The molecule has 2 aromatic rings. The smallest absolute Gasteiger partial charge is 0.313 e. The van der Waals surface area contributed by atoms with E-state index in [4.69, 9.17) is 5.11 Å². The number of aliphatic carboxylic acids is 1. The Morgan fingerprint density at radius 3 is 2.94 bits per heavy atom. The fourth-order valence-electron chi connectivity index (χ4n) is 1.27. The van der Waals surface area contributed by atoms with Gasteiger partial charge in [0.15, 0.2) is 16.0 Å². The Balaban J connectivity index is 2.24. The molecule has 0 aliphatic carbocycles. The van der Waals surface area contributed by atoms with Crippen LogP contribution in [0.3, 0.4) is 0 Å². The van der Waals surface area contributed by atoms with Crippen molar-refractivity contribution in [2.75, 3.05) is 5.75 Å². The summed E-state index contributed by atoms with van der Waals surface area (Å²) >= 11 is 2.25. The summed E-state index contributed by atoms with van der Waals surface area (Å²) in [6.45, 7) is 0. The number of carbonyl (C=O) groups is 1. The zero-order valence-corrected chi connectivity index (χ0v) is 10.5. The number of hydrogen-bond acceptors (Lipinski definition) is 4. The van der Waals surface area contributed by atoms with Crippen LogP contribution >= 0.6 is 23.1 Å². The van der Waals surface area contributed by atoms with Gasteiger partial charge in [-0.2, -0.15) is 0 Å². The third kappa shape index (κ3) is 2.85. The Hall–Kier alpha value is -1.47. The summed E-state index contributed by atoms with van der Waals surface area (Å²) in [5, 5.41) is 10.1. The number of thioether (sulfide) groups is 1. The van der Waals surface area contributed by atoms with Crippen molar-refractivity contribution in [1.82, 2.24) is 4.98 Å². The molecule has 0 spiro atoms. The lowest BCUT2D eigenvalue weighted by molar-refractivity contribution is -0.133. The molecule has 94 valence electrons. The zero-order valence-electron chi connectivity index (χ0n) is 8.89. The summed E-state index contributed by atoms with van der Waals surface area (Å²) in [7, 11) is 0. The number of carboxylic acids is 1. The number of benzene rings is 1. The number of hydrogen-bond donors (Lipinski definition) is 1. The fourth-order valence-corrected chi connectivity index (χ4v) is 2.82. The topological polar surface area (TPSA) is 50.2 Å². The largest absolute Gasteiger partial charge is 0.481 e. The molecule has 0 saturated carbocycles. The van der Waals surface area contributed by atoms with E-state index in [1.54, 1.807) is 5.38 Å². The van der Waals surface area contributed by atoms with E-state index in [0.29, 0.717) is 10.0 Å². The van der Waals surface area contributed by atoms with Crippen LogP contribution < -0.4 is 0 Å². The molecule has 3 nitrogen and oxygen atoms in total. The van der Waals surface area contributed by atoms with Gasteiger partial charge in [0.1, 0.15) is 0 Å². The van der Waals surface area contributed by atoms with Crippen LogP contribution in [-0.4, -0.2) is 21.8 Å². The second kappa shape index (κ2) is 5.45. The Morgan fingerprint density at radius 1 is 1.44 bits per heavy atom. The highest BCUT2D eigenvalue weighted by Gasteiger charge is 2.13. The molecule has 2 rings (SSSR count). The Labute approximate surface area is 109 Å². The van der Waals surface area contributed by atoms with Crippen molar-refractivity contribution in [2.24, 2.45) is 0 Å². The molecule has 7 heteroatoms. The van der Waals surface area contributed by atoms with Crippen molar-refractivity contribution in [2.45, 2.75) is 4.34 Å². The van der Waals surface area contributed by atoms with Crippen LogP contribution in [0.15, 0.2) is 27.9 Å². The van der Waals surface area contributed by atoms with Gasteiger partial charge in [-0.25, -0.2) is 13.8 Å². The van der Waals surface area contributed by atoms with E-state index < -0.39 is 17.6 Å². The average molecular weight is 287 g/mol. The minimum Gasteiger partial charge on any atom is -0.481 e. The highest BCUT2D eigenvalue weighted by atomic mass is 32.2.